The molecule has 0 saturated carbocycles. The van der Waals surface area contributed by atoms with Gasteiger partial charge in [0.25, 0.3) is 0 Å². The molecule has 1 aromatic carbocycles. The molecule has 21 heavy (non-hydrogen) atoms. The summed E-state index contributed by atoms with van der Waals surface area (Å²) < 4.78 is 0. The molecule has 1 heterocycles. The number of nitrogens with zero attached hydrogens (tertiary/aromatic N) is 2. The van der Waals surface area contributed by atoms with E-state index in [2.05, 4.69) is 36.1 Å². The first-order chi connectivity index (χ1) is 9.99. The number of aromatic carboxylic acids is 1. The molecule has 0 bridgehead atoms. The molecule has 0 unspecified atom stereocenters. The first-order valence-electron chi connectivity index (χ1n) is 7.06. The Morgan fingerprint density at radius 3 is 2.76 bits per heavy atom. The fourth-order valence-electron chi connectivity index (χ4n) is 2.06. The lowest BCUT2D eigenvalue weighted by atomic mass is 10.1. The van der Waals surface area contributed by atoms with Gasteiger partial charge in [0.1, 0.15) is 5.82 Å². The number of nitrogens with one attached hydrogen (secondary N) is 1. The van der Waals surface area contributed by atoms with Crippen LogP contribution in [-0.2, 0) is 0 Å². The first kappa shape index (κ1) is 15.3. The van der Waals surface area contributed by atoms with Crippen molar-refractivity contribution in [3.8, 4) is 0 Å². The molecule has 0 saturated heterocycles. The van der Waals surface area contributed by atoms with Gasteiger partial charge in [-0.05, 0) is 33.0 Å². The third kappa shape index (κ3) is 3.70. The van der Waals surface area contributed by atoms with E-state index in [1.807, 2.05) is 18.2 Å². The molecular weight excluding hydrogens is 266 g/mol. The smallest absolute Gasteiger partial charge is 0.336 e. The second-order valence-corrected chi connectivity index (χ2v) is 5.38. The predicted molar refractivity (Wildman–Crippen MR) is 85.0 cm³/mol. The van der Waals surface area contributed by atoms with Gasteiger partial charge in [-0.25, -0.2) is 9.78 Å². The van der Waals surface area contributed by atoms with E-state index in [0.29, 0.717) is 22.8 Å². The zero-order valence-electron chi connectivity index (χ0n) is 12.6. The minimum atomic E-state index is -0.934. The van der Waals surface area contributed by atoms with Gasteiger partial charge in [-0.15, -0.1) is 0 Å². The number of anilines is 1. The van der Waals surface area contributed by atoms with E-state index in [0.717, 1.165) is 13.1 Å². The van der Waals surface area contributed by atoms with Gasteiger partial charge >= 0.3 is 5.97 Å². The van der Waals surface area contributed by atoms with Crippen LogP contribution >= 0.6 is 0 Å². The maximum atomic E-state index is 11.4. The Labute approximate surface area is 124 Å². The van der Waals surface area contributed by atoms with Crippen LogP contribution < -0.4 is 5.32 Å². The van der Waals surface area contributed by atoms with Crippen LogP contribution in [0.15, 0.2) is 30.3 Å². The summed E-state index contributed by atoms with van der Waals surface area (Å²) in [4.78, 5) is 18.1. The molecule has 0 atom stereocenters. The van der Waals surface area contributed by atoms with Crippen molar-refractivity contribution in [2.24, 2.45) is 0 Å². The van der Waals surface area contributed by atoms with E-state index in [-0.39, 0.29) is 5.56 Å². The largest absolute Gasteiger partial charge is 0.478 e. The van der Waals surface area contributed by atoms with Crippen molar-refractivity contribution in [1.82, 2.24) is 9.88 Å². The van der Waals surface area contributed by atoms with Crippen molar-refractivity contribution >= 4 is 22.7 Å². The predicted octanol–water partition coefficient (Wildman–Crippen LogP) is 2.69. The maximum Gasteiger partial charge on any atom is 0.336 e. The highest BCUT2D eigenvalue weighted by molar-refractivity contribution is 6.03. The molecule has 0 radical (unpaired) electrons. The van der Waals surface area contributed by atoms with Gasteiger partial charge in [-0.3, -0.25) is 0 Å². The monoisotopic (exact) mass is 287 g/mol. The summed E-state index contributed by atoms with van der Waals surface area (Å²) in [6.45, 7) is 5.86. The molecule has 112 valence electrons. The number of rotatable bonds is 6. The van der Waals surface area contributed by atoms with E-state index in [1.165, 1.54) is 0 Å². The second kappa shape index (κ2) is 6.54. The Morgan fingerprint density at radius 1 is 1.38 bits per heavy atom. The van der Waals surface area contributed by atoms with Crippen LogP contribution in [0.2, 0.25) is 0 Å². The normalized spacial score (nSPS) is 11.3. The molecule has 2 aromatic rings. The number of para-hydroxylation sites is 1. The molecule has 0 aliphatic heterocycles. The summed E-state index contributed by atoms with van der Waals surface area (Å²) in [6, 6.07) is 9.36. The van der Waals surface area contributed by atoms with Crippen LogP contribution in [0.4, 0.5) is 5.82 Å². The molecule has 0 aliphatic carbocycles. The molecule has 0 amide bonds. The Bertz CT molecular complexity index is 640. The summed E-state index contributed by atoms with van der Waals surface area (Å²) in [6.07, 6.45) is 0. The highest BCUT2D eigenvalue weighted by atomic mass is 16.4. The molecule has 0 fully saturated rings. The van der Waals surface area contributed by atoms with Gasteiger partial charge in [0.15, 0.2) is 0 Å². The third-order valence-corrected chi connectivity index (χ3v) is 3.60. The summed E-state index contributed by atoms with van der Waals surface area (Å²) in [5, 5.41) is 13.2. The van der Waals surface area contributed by atoms with Crippen molar-refractivity contribution in [3.05, 3.63) is 35.9 Å². The molecule has 5 nitrogen and oxygen atoms in total. The van der Waals surface area contributed by atoms with Gasteiger partial charge in [-0.1, -0.05) is 18.2 Å². The summed E-state index contributed by atoms with van der Waals surface area (Å²) >= 11 is 0. The zero-order valence-corrected chi connectivity index (χ0v) is 12.6. The van der Waals surface area contributed by atoms with Crippen LogP contribution in [0.5, 0.6) is 0 Å². The van der Waals surface area contributed by atoms with Crippen LogP contribution in [-0.4, -0.2) is 47.1 Å². The Morgan fingerprint density at radius 2 is 2.10 bits per heavy atom. The van der Waals surface area contributed by atoms with E-state index >= 15 is 0 Å². The summed E-state index contributed by atoms with van der Waals surface area (Å²) in [5.74, 6) is -0.334. The van der Waals surface area contributed by atoms with Crippen LogP contribution in [0.25, 0.3) is 10.9 Å². The van der Waals surface area contributed by atoms with Gasteiger partial charge in [0.2, 0.25) is 0 Å². The molecular formula is C16H21N3O2. The molecule has 2 N–H and O–H groups in total. The van der Waals surface area contributed by atoms with Crippen molar-refractivity contribution in [1.29, 1.82) is 0 Å². The lowest BCUT2D eigenvalue weighted by Gasteiger charge is -2.21. The van der Waals surface area contributed by atoms with Crippen molar-refractivity contribution in [3.63, 3.8) is 0 Å². The Hall–Kier alpha value is -2.14. The molecule has 1 aromatic heterocycles. The number of hydrogen-bond donors (Lipinski definition) is 2. The van der Waals surface area contributed by atoms with Gasteiger partial charge in [0, 0.05) is 24.5 Å². The fraction of sp³-hybridized carbons (Fsp3) is 0.375. The number of fused-ring (bicyclic) bond motifs is 1. The number of hydrogen-bond acceptors (Lipinski definition) is 4. The zero-order chi connectivity index (χ0) is 15.4. The number of pyridine rings is 1. The van der Waals surface area contributed by atoms with Gasteiger partial charge < -0.3 is 15.3 Å². The Kier molecular flexibility index (Phi) is 4.75. The first-order valence-corrected chi connectivity index (χ1v) is 7.06. The number of carboxylic acid groups (broad SMARTS) is 1. The maximum absolute atomic E-state index is 11.4. The van der Waals surface area contributed by atoms with Crippen molar-refractivity contribution < 1.29 is 9.90 Å². The highest BCUT2D eigenvalue weighted by Gasteiger charge is 2.11. The number of aromatic nitrogens is 1. The standard InChI is InChI=1S/C16H21N3O2/c1-11(2)19(3)9-8-17-15-10-13(16(20)21)12-6-4-5-7-14(12)18-15/h4-7,10-11H,8-9H2,1-3H3,(H,17,18)(H,20,21). The number of likely N-dealkylation sites (N-methyl/N-ethyl adjacent to an activating group) is 1. The minimum Gasteiger partial charge on any atom is -0.478 e. The van der Waals surface area contributed by atoms with Crippen molar-refractivity contribution in [2.45, 2.75) is 19.9 Å². The number of carbonyl (C=O) groups is 1. The average molecular weight is 287 g/mol. The number of benzene rings is 1. The third-order valence-electron chi connectivity index (χ3n) is 3.60. The second-order valence-electron chi connectivity index (χ2n) is 5.38. The summed E-state index contributed by atoms with van der Waals surface area (Å²) in [5.41, 5.74) is 0.970. The van der Waals surface area contributed by atoms with Gasteiger partial charge in [-0.2, -0.15) is 0 Å². The minimum absolute atomic E-state index is 0.278. The lowest BCUT2D eigenvalue weighted by Crippen LogP contribution is -2.31. The van der Waals surface area contributed by atoms with E-state index < -0.39 is 5.97 Å². The van der Waals surface area contributed by atoms with Crippen LogP contribution in [0, 0.1) is 0 Å². The molecule has 5 heteroatoms. The van der Waals surface area contributed by atoms with E-state index in [1.54, 1.807) is 12.1 Å². The van der Waals surface area contributed by atoms with Crippen molar-refractivity contribution in [2.75, 3.05) is 25.5 Å². The molecule has 0 spiro atoms. The van der Waals surface area contributed by atoms with Crippen LogP contribution in [0.1, 0.15) is 24.2 Å². The lowest BCUT2D eigenvalue weighted by molar-refractivity contribution is 0.0699. The molecule has 2 rings (SSSR count). The van der Waals surface area contributed by atoms with E-state index in [4.69, 9.17) is 0 Å². The van der Waals surface area contributed by atoms with Gasteiger partial charge in [0.05, 0.1) is 11.1 Å². The number of carboxylic acids is 1. The van der Waals surface area contributed by atoms with Crippen LogP contribution in [0.3, 0.4) is 0 Å². The highest BCUT2D eigenvalue weighted by Crippen LogP contribution is 2.20. The topological polar surface area (TPSA) is 65.5 Å². The van der Waals surface area contributed by atoms with E-state index in [9.17, 15) is 9.90 Å². The summed E-state index contributed by atoms with van der Waals surface area (Å²) in [7, 11) is 2.06. The SMILES string of the molecule is CC(C)N(C)CCNc1cc(C(=O)O)c2ccccc2n1. The average Bonchev–Trinajstić information content (AvgIpc) is 2.46. The Balaban J connectivity index is 2.19. The molecule has 0 aliphatic rings. The fourth-order valence-corrected chi connectivity index (χ4v) is 2.06. The quantitative estimate of drug-likeness (QED) is 0.855.